The number of amides is 1. The van der Waals surface area contributed by atoms with Crippen molar-refractivity contribution in [1.29, 1.82) is 0 Å². The number of hydrogen-bond acceptors (Lipinski definition) is 4. The maximum atomic E-state index is 13.3. The van der Waals surface area contributed by atoms with Crippen LogP contribution in [0.1, 0.15) is 24.1 Å². The van der Waals surface area contributed by atoms with Crippen LogP contribution in [0.25, 0.3) is 10.9 Å². The Hall–Kier alpha value is -2.89. The van der Waals surface area contributed by atoms with E-state index < -0.39 is 0 Å². The van der Waals surface area contributed by atoms with E-state index >= 15 is 0 Å². The molecule has 6 heteroatoms. The lowest BCUT2D eigenvalue weighted by molar-refractivity contribution is -0.135. The molecule has 1 atom stereocenters. The number of fused-ring (bicyclic) bond motifs is 1. The number of nitrogens with one attached hydrogen (secondary N) is 1. The molecule has 1 N–H and O–H groups in total. The lowest BCUT2D eigenvalue weighted by Gasteiger charge is -2.23. The molecule has 2 fully saturated rings. The Labute approximate surface area is 158 Å². The number of hydrogen-bond donors (Lipinski definition) is 1. The predicted octanol–water partition coefficient (Wildman–Crippen LogP) is 2.90. The zero-order valence-corrected chi connectivity index (χ0v) is 15.5. The Morgan fingerprint density at radius 2 is 2.04 bits per heavy atom. The van der Waals surface area contributed by atoms with E-state index in [0.717, 1.165) is 49.6 Å². The first-order chi connectivity index (χ1) is 13.1. The van der Waals surface area contributed by atoms with Crippen LogP contribution in [0.3, 0.4) is 0 Å². The minimum atomic E-state index is -0.279. The first kappa shape index (κ1) is 16.3. The summed E-state index contributed by atoms with van der Waals surface area (Å²) < 4.78 is 0. The molecule has 1 amide bonds. The summed E-state index contributed by atoms with van der Waals surface area (Å²) in [4.78, 5) is 29.7. The van der Waals surface area contributed by atoms with Crippen LogP contribution in [0.4, 0.5) is 5.95 Å². The van der Waals surface area contributed by atoms with Gasteiger partial charge in [-0.25, -0.2) is 9.97 Å². The molecule has 2 aliphatic rings. The third-order valence-electron chi connectivity index (χ3n) is 6.06. The molecule has 1 aromatic carbocycles. The van der Waals surface area contributed by atoms with Gasteiger partial charge in [0.25, 0.3) is 0 Å². The van der Waals surface area contributed by atoms with Crippen molar-refractivity contribution < 1.29 is 4.79 Å². The normalized spacial score (nSPS) is 22.5. The number of likely N-dealkylation sites (tertiary alicyclic amines) is 1. The van der Waals surface area contributed by atoms with E-state index in [4.69, 9.17) is 0 Å². The van der Waals surface area contributed by atoms with E-state index in [0.29, 0.717) is 6.54 Å². The van der Waals surface area contributed by atoms with E-state index in [1.807, 2.05) is 36.2 Å². The topological polar surface area (TPSA) is 65.1 Å². The molecule has 2 aliphatic heterocycles. The Kier molecular flexibility index (Phi) is 3.67. The van der Waals surface area contributed by atoms with E-state index in [-0.39, 0.29) is 11.3 Å². The summed E-state index contributed by atoms with van der Waals surface area (Å²) in [7, 11) is 0. The minimum absolute atomic E-state index is 0.279. The van der Waals surface area contributed by atoms with Crippen LogP contribution < -0.4 is 4.90 Å². The molecule has 0 bridgehead atoms. The van der Waals surface area contributed by atoms with Gasteiger partial charge in [-0.3, -0.25) is 4.79 Å². The highest BCUT2D eigenvalue weighted by Gasteiger charge is 2.51. The summed E-state index contributed by atoms with van der Waals surface area (Å²) >= 11 is 0. The smallest absolute Gasteiger partial charge is 0.231 e. The van der Waals surface area contributed by atoms with Crippen molar-refractivity contribution in [2.75, 3.05) is 24.5 Å². The van der Waals surface area contributed by atoms with Crippen molar-refractivity contribution in [1.82, 2.24) is 19.9 Å². The summed E-state index contributed by atoms with van der Waals surface area (Å²) in [5.41, 5.74) is 2.99. The van der Waals surface area contributed by atoms with Gasteiger partial charge >= 0.3 is 0 Å². The Morgan fingerprint density at radius 1 is 1.19 bits per heavy atom. The van der Waals surface area contributed by atoms with E-state index in [1.54, 1.807) is 6.20 Å². The van der Waals surface area contributed by atoms with Gasteiger partial charge in [-0.05, 0) is 37.5 Å². The van der Waals surface area contributed by atoms with Crippen molar-refractivity contribution in [3.8, 4) is 0 Å². The second kappa shape index (κ2) is 6.08. The maximum Gasteiger partial charge on any atom is 0.231 e. The lowest BCUT2D eigenvalue weighted by atomic mass is 9.85. The zero-order valence-electron chi connectivity index (χ0n) is 15.5. The fourth-order valence-corrected chi connectivity index (χ4v) is 4.52. The predicted molar refractivity (Wildman–Crippen MR) is 104 cm³/mol. The van der Waals surface area contributed by atoms with Gasteiger partial charge in [0, 0.05) is 55.2 Å². The van der Waals surface area contributed by atoms with E-state index in [1.165, 1.54) is 10.9 Å². The molecule has 27 heavy (non-hydrogen) atoms. The number of anilines is 1. The van der Waals surface area contributed by atoms with Crippen molar-refractivity contribution in [2.45, 2.75) is 26.3 Å². The summed E-state index contributed by atoms with van der Waals surface area (Å²) in [6.07, 6.45) is 5.62. The maximum absolute atomic E-state index is 13.3. The lowest BCUT2D eigenvalue weighted by Crippen LogP contribution is -2.37. The number of H-pyrrole nitrogens is 1. The number of carbonyl (C=O) groups is 1. The average molecular weight is 361 g/mol. The molecular weight excluding hydrogens is 338 g/mol. The third kappa shape index (κ3) is 2.67. The van der Waals surface area contributed by atoms with Gasteiger partial charge in [0.05, 0.1) is 5.41 Å². The van der Waals surface area contributed by atoms with Crippen molar-refractivity contribution in [2.24, 2.45) is 5.41 Å². The fraction of sp³-hybridized carbons (Fsp3) is 0.381. The number of carbonyl (C=O) groups excluding carboxylic acids is 1. The highest BCUT2D eigenvalue weighted by molar-refractivity contribution is 5.88. The molecule has 1 unspecified atom stereocenters. The van der Waals surface area contributed by atoms with Crippen molar-refractivity contribution >= 4 is 22.8 Å². The van der Waals surface area contributed by atoms with Crippen molar-refractivity contribution in [3.05, 3.63) is 54.0 Å². The molecule has 3 aromatic rings. The van der Waals surface area contributed by atoms with Gasteiger partial charge in [-0.1, -0.05) is 18.2 Å². The second-order valence-corrected chi connectivity index (χ2v) is 7.79. The molecule has 5 rings (SSSR count). The number of benzene rings is 1. The number of aromatic nitrogens is 3. The molecule has 1 spiro atoms. The largest absolute Gasteiger partial charge is 0.361 e. The van der Waals surface area contributed by atoms with Crippen LogP contribution in [0.2, 0.25) is 0 Å². The van der Waals surface area contributed by atoms with Gasteiger partial charge in [0.1, 0.15) is 0 Å². The van der Waals surface area contributed by atoms with Crippen LogP contribution in [0.15, 0.2) is 42.7 Å². The summed E-state index contributed by atoms with van der Waals surface area (Å²) in [5, 5.41) is 1.20. The number of rotatable bonds is 3. The van der Waals surface area contributed by atoms with Crippen LogP contribution in [0, 0.1) is 12.3 Å². The second-order valence-electron chi connectivity index (χ2n) is 7.79. The van der Waals surface area contributed by atoms with Gasteiger partial charge in [0.15, 0.2) is 0 Å². The molecule has 0 saturated carbocycles. The number of aromatic amines is 1. The Balaban J connectivity index is 1.34. The molecule has 0 aliphatic carbocycles. The molecule has 6 nitrogen and oxygen atoms in total. The summed E-state index contributed by atoms with van der Waals surface area (Å²) in [6.45, 7) is 5.03. The minimum Gasteiger partial charge on any atom is -0.361 e. The van der Waals surface area contributed by atoms with Crippen LogP contribution >= 0.6 is 0 Å². The van der Waals surface area contributed by atoms with Gasteiger partial charge < -0.3 is 14.8 Å². The average Bonchev–Trinajstić information content (AvgIpc) is 3.37. The monoisotopic (exact) mass is 361 g/mol. The van der Waals surface area contributed by atoms with Crippen LogP contribution in [-0.4, -0.2) is 45.4 Å². The van der Waals surface area contributed by atoms with Crippen LogP contribution in [0.5, 0.6) is 0 Å². The number of para-hydroxylation sites is 1. The molecule has 4 heterocycles. The SMILES string of the molecule is Cc1ccnc(N2CCC3(CCN(Cc4c[nH]c5ccccc45)C3=O)C2)n1. The Bertz CT molecular complexity index is 1010. The first-order valence-electron chi connectivity index (χ1n) is 9.54. The fourth-order valence-electron chi connectivity index (χ4n) is 4.52. The number of aryl methyl sites for hydroxylation is 1. The van der Waals surface area contributed by atoms with Gasteiger partial charge in [0.2, 0.25) is 11.9 Å². The number of nitrogens with zero attached hydrogens (tertiary/aromatic N) is 4. The van der Waals surface area contributed by atoms with Gasteiger partial charge in [-0.2, -0.15) is 0 Å². The highest BCUT2D eigenvalue weighted by Crippen LogP contribution is 2.42. The van der Waals surface area contributed by atoms with E-state index in [9.17, 15) is 4.79 Å². The quantitative estimate of drug-likeness (QED) is 0.779. The standard InChI is InChI=1S/C21H23N5O/c1-15-6-9-22-20(24-15)26-11-8-21(14-26)7-10-25(19(21)27)13-16-12-23-18-5-3-2-4-17(16)18/h2-6,9,12,23H,7-8,10-11,13-14H2,1H3. The molecule has 138 valence electrons. The third-order valence-corrected chi connectivity index (χ3v) is 6.06. The van der Waals surface area contributed by atoms with E-state index in [2.05, 4.69) is 32.0 Å². The van der Waals surface area contributed by atoms with Gasteiger partial charge in [-0.15, -0.1) is 0 Å². The Morgan fingerprint density at radius 3 is 2.93 bits per heavy atom. The summed E-state index contributed by atoms with van der Waals surface area (Å²) in [5.74, 6) is 1.03. The zero-order chi connectivity index (χ0) is 18.4. The molecular formula is C21H23N5O. The summed E-state index contributed by atoms with van der Waals surface area (Å²) in [6, 6.07) is 10.2. The van der Waals surface area contributed by atoms with Crippen LogP contribution in [-0.2, 0) is 11.3 Å². The molecule has 2 saturated heterocycles. The molecule has 2 aromatic heterocycles. The highest BCUT2D eigenvalue weighted by atomic mass is 16.2. The molecule has 0 radical (unpaired) electrons. The van der Waals surface area contributed by atoms with Crippen molar-refractivity contribution in [3.63, 3.8) is 0 Å². The first-order valence-corrected chi connectivity index (χ1v) is 9.54.